The maximum atomic E-state index is 5.00. The van der Waals surface area contributed by atoms with Gasteiger partial charge in [0.15, 0.2) is 0 Å². The molecule has 0 aliphatic heterocycles. The molecule has 0 aromatic carbocycles. The van der Waals surface area contributed by atoms with Gasteiger partial charge in [-0.15, -0.1) is 0 Å². The van der Waals surface area contributed by atoms with Gasteiger partial charge in [-0.2, -0.15) is 0 Å². The lowest BCUT2D eigenvalue weighted by molar-refractivity contribution is 0.190. The van der Waals surface area contributed by atoms with E-state index in [4.69, 9.17) is 4.74 Å². The fourth-order valence-electron chi connectivity index (χ4n) is 1.03. The van der Waals surface area contributed by atoms with Gasteiger partial charge in [-0.25, -0.2) is 4.98 Å². The molecule has 0 saturated carbocycles. The molecule has 0 fully saturated rings. The SMILES string of the molecule is COCC(C)Nc1cccc(Br)n1. The van der Waals surface area contributed by atoms with Crippen molar-refractivity contribution in [2.24, 2.45) is 0 Å². The largest absolute Gasteiger partial charge is 0.383 e. The number of methoxy groups -OCH3 is 1. The van der Waals surface area contributed by atoms with Gasteiger partial charge in [-0.1, -0.05) is 6.07 Å². The van der Waals surface area contributed by atoms with Crippen LogP contribution in [0, 0.1) is 0 Å². The van der Waals surface area contributed by atoms with Crippen molar-refractivity contribution >= 4 is 21.7 Å². The average molecular weight is 245 g/mol. The van der Waals surface area contributed by atoms with E-state index in [0.29, 0.717) is 6.61 Å². The quantitative estimate of drug-likeness (QED) is 0.826. The Bertz CT molecular complexity index is 268. The van der Waals surface area contributed by atoms with Gasteiger partial charge in [0.05, 0.1) is 6.61 Å². The van der Waals surface area contributed by atoms with E-state index in [9.17, 15) is 0 Å². The van der Waals surface area contributed by atoms with Crippen LogP contribution in [0.25, 0.3) is 0 Å². The second kappa shape index (κ2) is 5.19. The minimum absolute atomic E-state index is 0.270. The van der Waals surface area contributed by atoms with Crippen molar-refractivity contribution in [1.82, 2.24) is 4.98 Å². The molecule has 0 aliphatic rings. The van der Waals surface area contributed by atoms with Crippen LogP contribution in [0.5, 0.6) is 0 Å². The third-order valence-corrected chi connectivity index (χ3v) is 1.97. The zero-order valence-electron chi connectivity index (χ0n) is 7.75. The van der Waals surface area contributed by atoms with Crippen LogP contribution in [-0.4, -0.2) is 24.7 Å². The van der Waals surface area contributed by atoms with Crippen LogP contribution in [-0.2, 0) is 4.74 Å². The zero-order chi connectivity index (χ0) is 9.68. The predicted octanol–water partition coefficient (Wildman–Crippen LogP) is 2.29. The van der Waals surface area contributed by atoms with Gasteiger partial charge in [-0.05, 0) is 35.0 Å². The van der Waals surface area contributed by atoms with Crippen LogP contribution in [0.15, 0.2) is 22.8 Å². The second-order valence-corrected chi connectivity index (χ2v) is 3.66. The highest BCUT2D eigenvalue weighted by Gasteiger charge is 2.01. The van der Waals surface area contributed by atoms with E-state index in [1.807, 2.05) is 25.1 Å². The summed E-state index contributed by atoms with van der Waals surface area (Å²) in [5, 5.41) is 3.22. The van der Waals surface area contributed by atoms with E-state index >= 15 is 0 Å². The van der Waals surface area contributed by atoms with E-state index in [1.54, 1.807) is 7.11 Å². The number of anilines is 1. The van der Waals surface area contributed by atoms with Gasteiger partial charge in [0.1, 0.15) is 10.4 Å². The van der Waals surface area contributed by atoms with Crippen molar-refractivity contribution < 1.29 is 4.74 Å². The van der Waals surface area contributed by atoms with Crippen LogP contribution < -0.4 is 5.32 Å². The van der Waals surface area contributed by atoms with Crippen molar-refractivity contribution in [2.75, 3.05) is 19.0 Å². The molecular weight excluding hydrogens is 232 g/mol. The number of aromatic nitrogens is 1. The van der Waals surface area contributed by atoms with Crippen molar-refractivity contribution in [1.29, 1.82) is 0 Å². The highest BCUT2D eigenvalue weighted by molar-refractivity contribution is 9.10. The Morgan fingerprint density at radius 1 is 1.62 bits per heavy atom. The predicted molar refractivity (Wildman–Crippen MR) is 56.9 cm³/mol. The molecule has 0 bridgehead atoms. The molecule has 0 aliphatic carbocycles. The molecule has 72 valence electrons. The van der Waals surface area contributed by atoms with Crippen LogP contribution >= 0.6 is 15.9 Å². The highest BCUT2D eigenvalue weighted by atomic mass is 79.9. The molecule has 13 heavy (non-hydrogen) atoms. The van der Waals surface area contributed by atoms with Crippen molar-refractivity contribution in [2.45, 2.75) is 13.0 Å². The number of nitrogens with one attached hydrogen (secondary N) is 1. The van der Waals surface area contributed by atoms with Gasteiger partial charge < -0.3 is 10.1 Å². The Morgan fingerprint density at radius 2 is 2.38 bits per heavy atom. The van der Waals surface area contributed by atoms with Crippen LogP contribution in [0.1, 0.15) is 6.92 Å². The van der Waals surface area contributed by atoms with Crippen molar-refractivity contribution in [3.8, 4) is 0 Å². The molecule has 0 radical (unpaired) electrons. The van der Waals surface area contributed by atoms with Crippen LogP contribution in [0.4, 0.5) is 5.82 Å². The van der Waals surface area contributed by atoms with Crippen LogP contribution in [0.3, 0.4) is 0 Å². The summed E-state index contributed by atoms with van der Waals surface area (Å²) < 4.78 is 5.84. The molecule has 1 rings (SSSR count). The van der Waals surface area contributed by atoms with E-state index in [1.165, 1.54) is 0 Å². The Morgan fingerprint density at radius 3 is 3.00 bits per heavy atom. The molecule has 1 heterocycles. The molecule has 1 aromatic heterocycles. The van der Waals surface area contributed by atoms with Gasteiger partial charge in [-0.3, -0.25) is 0 Å². The standard InChI is InChI=1S/C9H13BrN2O/c1-7(6-13-2)11-9-5-3-4-8(10)12-9/h3-5,7H,6H2,1-2H3,(H,11,12). The minimum atomic E-state index is 0.270. The maximum absolute atomic E-state index is 5.00. The van der Waals surface area contributed by atoms with Crippen LogP contribution in [0.2, 0.25) is 0 Å². The first kappa shape index (κ1) is 10.5. The van der Waals surface area contributed by atoms with E-state index in [2.05, 4.69) is 26.2 Å². The monoisotopic (exact) mass is 244 g/mol. The molecular formula is C9H13BrN2O. The lowest BCUT2D eigenvalue weighted by Gasteiger charge is -2.12. The number of halogens is 1. The molecule has 1 unspecified atom stereocenters. The van der Waals surface area contributed by atoms with E-state index in [-0.39, 0.29) is 6.04 Å². The number of ether oxygens (including phenoxy) is 1. The van der Waals surface area contributed by atoms with E-state index < -0.39 is 0 Å². The van der Waals surface area contributed by atoms with Gasteiger partial charge in [0, 0.05) is 13.2 Å². The fourth-order valence-corrected chi connectivity index (χ4v) is 1.38. The summed E-state index contributed by atoms with van der Waals surface area (Å²) >= 11 is 3.31. The topological polar surface area (TPSA) is 34.1 Å². The molecule has 1 N–H and O–H groups in total. The summed E-state index contributed by atoms with van der Waals surface area (Å²) in [5.41, 5.74) is 0. The summed E-state index contributed by atoms with van der Waals surface area (Å²) in [6.45, 7) is 2.72. The molecule has 0 amide bonds. The molecule has 3 nitrogen and oxygen atoms in total. The van der Waals surface area contributed by atoms with Crippen molar-refractivity contribution in [3.05, 3.63) is 22.8 Å². The first-order valence-corrected chi connectivity index (χ1v) is 4.89. The zero-order valence-corrected chi connectivity index (χ0v) is 9.34. The molecule has 0 spiro atoms. The molecule has 0 saturated heterocycles. The smallest absolute Gasteiger partial charge is 0.127 e. The Labute approximate surface area is 86.6 Å². The van der Waals surface area contributed by atoms with Gasteiger partial charge in [0.2, 0.25) is 0 Å². The number of nitrogens with zero attached hydrogens (tertiary/aromatic N) is 1. The summed E-state index contributed by atoms with van der Waals surface area (Å²) in [6, 6.07) is 6.04. The Hall–Kier alpha value is -0.610. The maximum Gasteiger partial charge on any atom is 0.127 e. The average Bonchev–Trinajstić information content (AvgIpc) is 2.04. The second-order valence-electron chi connectivity index (χ2n) is 2.85. The number of pyridine rings is 1. The summed E-state index contributed by atoms with van der Waals surface area (Å²) in [7, 11) is 1.69. The lowest BCUT2D eigenvalue weighted by atomic mass is 10.3. The summed E-state index contributed by atoms with van der Waals surface area (Å²) in [5.74, 6) is 0.860. The fraction of sp³-hybridized carbons (Fsp3) is 0.444. The first-order chi connectivity index (χ1) is 6.22. The Kier molecular flexibility index (Phi) is 4.18. The van der Waals surface area contributed by atoms with Gasteiger partial charge >= 0.3 is 0 Å². The summed E-state index contributed by atoms with van der Waals surface area (Å²) in [4.78, 5) is 4.25. The third-order valence-electron chi connectivity index (χ3n) is 1.53. The number of rotatable bonds is 4. The molecule has 1 aromatic rings. The first-order valence-electron chi connectivity index (χ1n) is 4.10. The highest BCUT2D eigenvalue weighted by Crippen LogP contribution is 2.10. The third kappa shape index (κ3) is 3.74. The Balaban J connectivity index is 2.53. The van der Waals surface area contributed by atoms with Gasteiger partial charge in [0.25, 0.3) is 0 Å². The molecule has 4 heteroatoms. The summed E-state index contributed by atoms with van der Waals surface area (Å²) in [6.07, 6.45) is 0. The normalized spacial score (nSPS) is 12.5. The van der Waals surface area contributed by atoms with Crippen molar-refractivity contribution in [3.63, 3.8) is 0 Å². The number of hydrogen-bond donors (Lipinski definition) is 1. The minimum Gasteiger partial charge on any atom is -0.383 e. The number of hydrogen-bond acceptors (Lipinski definition) is 3. The lowest BCUT2D eigenvalue weighted by Crippen LogP contribution is -2.21. The molecule has 1 atom stereocenters. The van der Waals surface area contributed by atoms with E-state index in [0.717, 1.165) is 10.4 Å².